The minimum atomic E-state index is -0.357. The van der Waals surface area contributed by atoms with E-state index in [2.05, 4.69) is 10.3 Å². The van der Waals surface area contributed by atoms with Crippen LogP contribution in [0, 0.1) is 5.82 Å². The van der Waals surface area contributed by atoms with Crippen LogP contribution in [0.5, 0.6) is 0 Å². The van der Waals surface area contributed by atoms with Gasteiger partial charge in [-0.25, -0.2) is 9.37 Å². The maximum Gasteiger partial charge on any atom is 0.141 e. The number of nitrogens with zero attached hydrogens (tertiary/aromatic N) is 1. The predicted octanol–water partition coefficient (Wildman–Crippen LogP) is 0.721. The molecule has 0 spiro atoms. The molecule has 60 valence electrons. The molecule has 0 aliphatic heterocycles. The van der Waals surface area contributed by atoms with Crippen molar-refractivity contribution in [3.63, 3.8) is 0 Å². The zero-order valence-corrected chi connectivity index (χ0v) is 6.26. The molecule has 11 heavy (non-hydrogen) atoms. The van der Waals surface area contributed by atoms with Gasteiger partial charge in [-0.1, -0.05) is 0 Å². The van der Waals surface area contributed by atoms with Crippen LogP contribution in [0.25, 0.3) is 0 Å². The van der Waals surface area contributed by atoms with E-state index in [4.69, 9.17) is 5.73 Å². The number of halogens is 1. The van der Waals surface area contributed by atoms with Gasteiger partial charge in [0.2, 0.25) is 0 Å². The summed E-state index contributed by atoms with van der Waals surface area (Å²) in [5, 5.41) is 2.82. The highest BCUT2D eigenvalue weighted by atomic mass is 19.1. The molecular formula is C7H10FN3. The predicted molar refractivity (Wildman–Crippen MR) is 41.6 cm³/mol. The van der Waals surface area contributed by atoms with Crippen LogP contribution in [-0.2, 0) is 6.54 Å². The molecule has 1 aromatic rings. The molecule has 0 aromatic carbocycles. The summed E-state index contributed by atoms with van der Waals surface area (Å²) in [5.41, 5.74) is 6.04. The molecule has 1 rings (SSSR count). The Morgan fingerprint density at radius 3 is 3.00 bits per heavy atom. The summed E-state index contributed by atoms with van der Waals surface area (Å²) in [6.07, 6.45) is 1.16. The molecular weight excluding hydrogens is 145 g/mol. The molecule has 0 aliphatic rings. The highest BCUT2D eigenvalue weighted by Crippen LogP contribution is 2.11. The number of hydrogen-bond acceptors (Lipinski definition) is 3. The van der Waals surface area contributed by atoms with Gasteiger partial charge in [0.25, 0.3) is 0 Å². The average Bonchev–Trinajstić information content (AvgIpc) is 2.04. The summed E-state index contributed by atoms with van der Waals surface area (Å²) < 4.78 is 12.5. The third kappa shape index (κ3) is 1.65. The van der Waals surface area contributed by atoms with Crippen molar-refractivity contribution in [3.05, 3.63) is 23.6 Å². The second-order valence-electron chi connectivity index (χ2n) is 2.12. The van der Waals surface area contributed by atoms with Gasteiger partial charge in [-0.15, -0.1) is 0 Å². The van der Waals surface area contributed by atoms with E-state index in [1.165, 1.54) is 6.07 Å². The molecule has 0 atom stereocenters. The number of rotatable bonds is 2. The van der Waals surface area contributed by atoms with Crippen LogP contribution in [-0.4, -0.2) is 12.0 Å². The molecule has 4 heteroatoms. The number of pyridine rings is 1. The first kappa shape index (κ1) is 7.94. The lowest BCUT2D eigenvalue weighted by Crippen LogP contribution is -2.04. The lowest BCUT2D eigenvalue weighted by molar-refractivity contribution is 0.619. The highest BCUT2D eigenvalue weighted by Gasteiger charge is 2.00. The van der Waals surface area contributed by atoms with Gasteiger partial charge < -0.3 is 11.1 Å². The lowest BCUT2D eigenvalue weighted by Gasteiger charge is -2.04. The number of hydrogen-bond donors (Lipinski definition) is 2. The van der Waals surface area contributed by atoms with E-state index in [1.54, 1.807) is 7.05 Å². The molecule has 0 saturated carbocycles. The monoisotopic (exact) mass is 155 g/mol. The summed E-state index contributed by atoms with van der Waals surface area (Å²) in [7, 11) is 1.72. The Bertz CT molecular complexity index is 249. The van der Waals surface area contributed by atoms with Crippen molar-refractivity contribution in [2.45, 2.75) is 6.54 Å². The fourth-order valence-corrected chi connectivity index (χ4v) is 0.862. The van der Waals surface area contributed by atoms with E-state index < -0.39 is 0 Å². The molecule has 0 amide bonds. The molecule has 0 radical (unpaired) electrons. The Morgan fingerprint density at radius 1 is 1.73 bits per heavy atom. The van der Waals surface area contributed by atoms with Gasteiger partial charge in [0.15, 0.2) is 0 Å². The van der Waals surface area contributed by atoms with Crippen molar-refractivity contribution >= 4 is 5.82 Å². The first-order valence-electron chi connectivity index (χ1n) is 3.30. The smallest absolute Gasteiger partial charge is 0.141 e. The molecule has 3 nitrogen and oxygen atoms in total. The Kier molecular flexibility index (Phi) is 2.38. The Labute approximate surface area is 64.4 Å². The summed E-state index contributed by atoms with van der Waals surface area (Å²) in [4.78, 5) is 3.80. The second kappa shape index (κ2) is 3.30. The lowest BCUT2D eigenvalue weighted by atomic mass is 10.2. The molecule has 0 aliphatic carbocycles. The van der Waals surface area contributed by atoms with Crippen LogP contribution >= 0.6 is 0 Å². The van der Waals surface area contributed by atoms with Crippen LogP contribution in [0.4, 0.5) is 10.2 Å². The van der Waals surface area contributed by atoms with Crippen molar-refractivity contribution in [1.82, 2.24) is 4.98 Å². The topological polar surface area (TPSA) is 50.9 Å². The molecule has 0 unspecified atom stereocenters. The molecule has 0 saturated heterocycles. The number of aromatic nitrogens is 1. The standard InChI is InChI=1S/C7H10FN3/c1-10-7-5(3-9)2-6(8)4-11-7/h2,4H,3,9H2,1H3,(H,10,11). The number of anilines is 1. The first-order valence-corrected chi connectivity index (χ1v) is 3.30. The first-order chi connectivity index (χ1) is 5.27. The van der Waals surface area contributed by atoms with Crippen molar-refractivity contribution < 1.29 is 4.39 Å². The SMILES string of the molecule is CNc1ncc(F)cc1CN. The van der Waals surface area contributed by atoms with Crippen LogP contribution in [0.3, 0.4) is 0 Å². The van der Waals surface area contributed by atoms with Gasteiger partial charge in [-0.2, -0.15) is 0 Å². The molecule has 1 aromatic heterocycles. The Hall–Kier alpha value is -1.16. The third-order valence-electron chi connectivity index (χ3n) is 1.39. The number of nitrogens with two attached hydrogens (primary N) is 1. The molecule has 0 bridgehead atoms. The van der Waals surface area contributed by atoms with Gasteiger partial charge in [0.05, 0.1) is 6.20 Å². The fourth-order valence-electron chi connectivity index (χ4n) is 0.862. The largest absolute Gasteiger partial charge is 0.373 e. The fraction of sp³-hybridized carbons (Fsp3) is 0.286. The van der Waals surface area contributed by atoms with Crippen molar-refractivity contribution in [2.75, 3.05) is 12.4 Å². The maximum atomic E-state index is 12.5. The maximum absolute atomic E-state index is 12.5. The zero-order valence-electron chi connectivity index (χ0n) is 6.26. The molecule has 0 fully saturated rings. The van der Waals surface area contributed by atoms with Crippen LogP contribution < -0.4 is 11.1 Å². The van der Waals surface area contributed by atoms with Crippen LogP contribution in [0.2, 0.25) is 0 Å². The van der Waals surface area contributed by atoms with Gasteiger partial charge in [-0.05, 0) is 6.07 Å². The van der Waals surface area contributed by atoms with Crippen molar-refractivity contribution in [3.8, 4) is 0 Å². The third-order valence-corrected chi connectivity index (χ3v) is 1.39. The Morgan fingerprint density at radius 2 is 2.45 bits per heavy atom. The van der Waals surface area contributed by atoms with Gasteiger partial charge in [0, 0.05) is 19.2 Å². The minimum Gasteiger partial charge on any atom is -0.373 e. The highest BCUT2D eigenvalue weighted by molar-refractivity contribution is 5.42. The van der Waals surface area contributed by atoms with E-state index in [0.29, 0.717) is 17.9 Å². The summed E-state index contributed by atoms with van der Waals surface area (Å²) >= 11 is 0. The molecule has 1 heterocycles. The Balaban J connectivity index is 3.06. The second-order valence-corrected chi connectivity index (χ2v) is 2.12. The van der Waals surface area contributed by atoms with Gasteiger partial charge >= 0.3 is 0 Å². The van der Waals surface area contributed by atoms with E-state index in [9.17, 15) is 4.39 Å². The van der Waals surface area contributed by atoms with Crippen molar-refractivity contribution in [1.29, 1.82) is 0 Å². The van der Waals surface area contributed by atoms with Crippen molar-refractivity contribution in [2.24, 2.45) is 5.73 Å². The average molecular weight is 155 g/mol. The van der Waals surface area contributed by atoms with E-state index in [0.717, 1.165) is 6.20 Å². The summed E-state index contributed by atoms with van der Waals surface area (Å²) in [6.45, 7) is 0.293. The number of nitrogens with one attached hydrogen (secondary N) is 1. The van der Waals surface area contributed by atoms with E-state index in [-0.39, 0.29) is 5.82 Å². The van der Waals surface area contributed by atoms with Gasteiger partial charge in [-0.3, -0.25) is 0 Å². The normalized spacial score (nSPS) is 9.73. The van der Waals surface area contributed by atoms with Gasteiger partial charge in [0.1, 0.15) is 11.6 Å². The van der Waals surface area contributed by atoms with E-state index in [1.807, 2.05) is 0 Å². The molecule has 3 N–H and O–H groups in total. The van der Waals surface area contributed by atoms with E-state index >= 15 is 0 Å². The van der Waals surface area contributed by atoms with Crippen LogP contribution in [0.15, 0.2) is 12.3 Å². The quantitative estimate of drug-likeness (QED) is 0.661. The zero-order chi connectivity index (χ0) is 8.27. The van der Waals surface area contributed by atoms with Crippen LogP contribution in [0.1, 0.15) is 5.56 Å². The summed E-state index contributed by atoms with van der Waals surface area (Å²) in [6, 6.07) is 1.37. The minimum absolute atomic E-state index is 0.293. The summed E-state index contributed by atoms with van der Waals surface area (Å²) in [5.74, 6) is 0.276.